The fraction of sp³-hybridized carbons (Fsp3) is 0.714. The van der Waals surface area contributed by atoms with Gasteiger partial charge < -0.3 is 29.7 Å². The summed E-state index contributed by atoms with van der Waals surface area (Å²) in [5.41, 5.74) is 4.87. The number of hydrogen-bond donors (Lipinski definition) is 3. The molecule has 0 saturated carbocycles. The molecule has 1 fully saturated rings. The van der Waals surface area contributed by atoms with Gasteiger partial charge in [-0.1, -0.05) is 6.92 Å². The van der Waals surface area contributed by atoms with E-state index in [0.29, 0.717) is 13.0 Å². The third-order valence-corrected chi connectivity index (χ3v) is 4.19. The van der Waals surface area contributed by atoms with Gasteiger partial charge in [0.2, 0.25) is 0 Å². The fourth-order valence-corrected chi connectivity index (χ4v) is 2.72. The lowest BCUT2D eigenvalue weighted by atomic mass is 10.3. The van der Waals surface area contributed by atoms with Crippen LogP contribution in [0.15, 0.2) is 17.1 Å². The molecule has 2 heterocycles. The highest BCUT2D eigenvalue weighted by Crippen LogP contribution is 2.36. The molecule has 0 bridgehead atoms. The van der Waals surface area contributed by atoms with Crippen LogP contribution in [0, 0.1) is 0 Å². The Morgan fingerprint density at radius 1 is 1.50 bits per heavy atom. The summed E-state index contributed by atoms with van der Waals surface area (Å²) < 4.78 is 33.4. The Morgan fingerprint density at radius 2 is 2.27 bits per heavy atom. The molecular weight excluding hydrogens is 369 g/mol. The number of aromatic nitrogens is 2. The minimum Gasteiger partial charge on any atom is -0.383 e. The number of phosphoric ester groups is 1. The van der Waals surface area contributed by atoms with Crippen LogP contribution in [-0.4, -0.2) is 51.6 Å². The zero-order chi connectivity index (χ0) is 19.2. The molecule has 0 aliphatic carbocycles. The van der Waals surface area contributed by atoms with Gasteiger partial charge in [0, 0.05) is 19.2 Å². The molecule has 4 N–H and O–H groups in total. The summed E-state index contributed by atoms with van der Waals surface area (Å²) in [6.07, 6.45) is 1.49. The van der Waals surface area contributed by atoms with Crippen molar-refractivity contribution in [2.45, 2.75) is 44.8 Å². The van der Waals surface area contributed by atoms with Crippen LogP contribution in [0.3, 0.4) is 0 Å². The monoisotopic (exact) mass is 393 g/mol. The highest BCUT2D eigenvalue weighted by atomic mass is 31.2. The van der Waals surface area contributed by atoms with Gasteiger partial charge in [-0.2, -0.15) is 4.98 Å². The normalized spacial score (nSPS) is 20.2. The number of rotatable bonds is 10. The van der Waals surface area contributed by atoms with E-state index >= 15 is 0 Å². The highest BCUT2D eigenvalue weighted by Gasteiger charge is 2.25. The summed E-state index contributed by atoms with van der Waals surface area (Å²) in [5.74, 6) is 0.0712. The van der Waals surface area contributed by atoms with E-state index in [2.05, 4.69) is 9.51 Å². The molecule has 12 heteroatoms. The van der Waals surface area contributed by atoms with Crippen molar-refractivity contribution < 1.29 is 33.1 Å². The molecule has 1 saturated heterocycles. The smallest absolute Gasteiger partial charge is 0.383 e. The van der Waals surface area contributed by atoms with Gasteiger partial charge in [0.25, 0.3) is 0 Å². The fourth-order valence-electron chi connectivity index (χ4n) is 2.36. The lowest BCUT2D eigenvalue weighted by Gasteiger charge is -2.26. The van der Waals surface area contributed by atoms with Crippen LogP contribution in [-0.2, 0) is 23.3 Å². The lowest BCUT2D eigenvalue weighted by molar-refractivity contribution is -0.169. The second-order valence-electron chi connectivity index (χ2n) is 5.73. The summed E-state index contributed by atoms with van der Waals surface area (Å²) >= 11 is 0. The van der Waals surface area contributed by atoms with Gasteiger partial charge in [0.05, 0.1) is 19.3 Å². The lowest BCUT2D eigenvalue weighted by Crippen LogP contribution is -2.35. The molecule has 11 nitrogen and oxygen atoms in total. The molecule has 0 spiro atoms. The third-order valence-electron chi connectivity index (χ3n) is 3.71. The number of ether oxygens (including phenoxy) is 3. The van der Waals surface area contributed by atoms with E-state index < -0.39 is 25.8 Å². The molecular formula is C14H24N3O8P. The van der Waals surface area contributed by atoms with E-state index in [1.54, 1.807) is 6.92 Å². The Bertz CT molecular complexity index is 672. The molecule has 148 valence electrons. The van der Waals surface area contributed by atoms with Crippen molar-refractivity contribution in [1.82, 2.24) is 9.55 Å². The molecule has 0 amide bonds. The van der Waals surface area contributed by atoms with Gasteiger partial charge in [-0.15, -0.1) is 0 Å². The zero-order valence-corrected chi connectivity index (χ0v) is 15.3. The molecule has 1 aromatic heterocycles. The highest BCUT2D eigenvalue weighted by molar-refractivity contribution is 7.46. The van der Waals surface area contributed by atoms with Gasteiger partial charge in [-0.3, -0.25) is 9.09 Å². The second kappa shape index (κ2) is 9.56. The van der Waals surface area contributed by atoms with Crippen LogP contribution in [0.5, 0.6) is 0 Å². The molecule has 3 atom stereocenters. The molecule has 1 aliphatic rings. The van der Waals surface area contributed by atoms with Crippen molar-refractivity contribution >= 4 is 13.6 Å². The Balaban J connectivity index is 2.10. The average molecular weight is 393 g/mol. The maximum absolute atomic E-state index is 12.1. The van der Waals surface area contributed by atoms with E-state index in [4.69, 9.17) is 29.7 Å². The topological polar surface area (TPSA) is 155 Å². The van der Waals surface area contributed by atoms with Crippen molar-refractivity contribution in [3.8, 4) is 0 Å². The van der Waals surface area contributed by atoms with Gasteiger partial charge in [-0.05, 0) is 18.9 Å². The number of hydrogen-bond acceptors (Lipinski definition) is 8. The van der Waals surface area contributed by atoms with E-state index in [0.717, 1.165) is 12.8 Å². The quantitative estimate of drug-likeness (QED) is 0.475. The second-order valence-corrected chi connectivity index (χ2v) is 6.96. The van der Waals surface area contributed by atoms with E-state index in [-0.39, 0.29) is 25.3 Å². The molecule has 2 rings (SSSR count). The Labute approximate surface area is 150 Å². The Morgan fingerprint density at radius 3 is 2.85 bits per heavy atom. The SMILES string of the molecule is CC[C@@H](COP(=O)(O)O)O[C@H](COC1CCCO1)n1ccc(N)nc1=O. The molecule has 26 heavy (non-hydrogen) atoms. The predicted molar refractivity (Wildman–Crippen MR) is 90.0 cm³/mol. The number of nitrogen functional groups attached to an aromatic ring is 1. The third kappa shape index (κ3) is 6.76. The first-order chi connectivity index (χ1) is 12.3. The molecule has 0 radical (unpaired) electrons. The van der Waals surface area contributed by atoms with E-state index in [1.165, 1.54) is 16.8 Å². The number of phosphoric acid groups is 1. The van der Waals surface area contributed by atoms with Crippen LogP contribution in [0.25, 0.3) is 0 Å². The van der Waals surface area contributed by atoms with Crippen molar-refractivity contribution in [2.75, 3.05) is 25.6 Å². The number of anilines is 1. The first-order valence-corrected chi connectivity index (χ1v) is 9.75. The largest absolute Gasteiger partial charge is 0.469 e. The zero-order valence-electron chi connectivity index (χ0n) is 14.4. The minimum absolute atomic E-state index is 0.0113. The number of nitrogens with two attached hydrogens (primary N) is 1. The van der Waals surface area contributed by atoms with Gasteiger partial charge in [0.15, 0.2) is 12.5 Å². The summed E-state index contributed by atoms with van der Waals surface area (Å²) in [7, 11) is -4.63. The molecule has 0 aromatic carbocycles. The molecule has 1 aliphatic heterocycles. The van der Waals surface area contributed by atoms with Crippen LogP contribution < -0.4 is 11.4 Å². The predicted octanol–water partition coefficient (Wildman–Crippen LogP) is 0.382. The first kappa shape index (κ1) is 21.0. The van der Waals surface area contributed by atoms with E-state index in [1.807, 2.05) is 0 Å². The maximum atomic E-state index is 12.1. The Hall–Kier alpha value is -1.33. The number of nitrogens with zero attached hydrogens (tertiary/aromatic N) is 2. The Kier molecular flexibility index (Phi) is 7.71. The van der Waals surface area contributed by atoms with Gasteiger partial charge in [-0.25, -0.2) is 9.36 Å². The molecule has 1 aromatic rings. The van der Waals surface area contributed by atoms with Crippen molar-refractivity contribution in [2.24, 2.45) is 0 Å². The first-order valence-electron chi connectivity index (χ1n) is 8.22. The van der Waals surface area contributed by atoms with Crippen LogP contribution in [0.4, 0.5) is 5.82 Å². The summed E-state index contributed by atoms with van der Waals surface area (Å²) in [5, 5.41) is 0. The standard InChI is InChI=1S/C14H24N3O8P/c1-2-10(8-24-26(19,20)21)25-12(9-23-13-4-3-7-22-13)17-6-5-11(15)16-14(17)18/h5-6,10,12-13H,2-4,7-9H2,1H3,(H2,15,16,18)(H2,19,20,21)/t10-,12+,13?/m0/s1. The van der Waals surface area contributed by atoms with Crippen molar-refractivity contribution in [3.05, 3.63) is 22.7 Å². The van der Waals surface area contributed by atoms with Gasteiger partial charge >= 0.3 is 13.5 Å². The van der Waals surface area contributed by atoms with Crippen molar-refractivity contribution in [1.29, 1.82) is 0 Å². The van der Waals surface area contributed by atoms with Crippen molar-refractivity contribution in [3.63, 3.8) is 0 Å². The van der Waals surface area contributed by atoms with Gasteiger partial charge in [0.1, 0.15) is 5.82 Å². The average Bonchev–Trinajstić information content (AvgIpc) is 3.07. The minimum atomic E-state index is -4.63. The van der Waals surface area contributed by atoms with Crippen LogP contribution >= 0.6 is 7.82 Å². The maximum Gasteiger partial charge on any atom is 0.469 e. The van der Waals surface area contributed by atoms with Crippen LogP contribution in [0.2, 0.25) is 0 Å². The summed E-state index contributed by atoms with van der Waals surface area (Å²) in [4.78, 5) is 33.5. The van der Waals surface area contributed by atoms with Crippen LogP contribution in [0.1, 0.15) is 32.4 Å². The van der Waals surface area contributed by atoms with E-state index in [9.17, 15) is 9.36 Å². The molecule has 1 unspecified atom stereocenters. The summed E-state index contributed by atoms with van der Waals surface area (Å²) in [6.45, 7) is 2.01. The summed E-state index contributed by atoms with van der Waals surface area (Å²) in [6, 6.07) is 1.44.